The maximum atomic E-state index is 11.3. The van der Waals surface area contributed by atoms with Crippen LogP contribution in [0.3, 0.4) is 0 Å². The molecular weight excluding hydrogens is 228 g/mol. The molecule has 0 radical (unpaired) electrons. The Labute approximate surface area is 95.3 Å². The molecule has 0 aromatic carbocycles. The van der Waals surface area contributed by atoms with Gasteiger partial charge >= 0.3 is 0 Å². The first kappa shape index (κ1) is 12.8. The number of nitrogens with one attached hydrogen (secondary N) is 2. The molecule has 88 valence electrons. The maximum absolute atomic E-state index is 11.3. The normalized spacial score (nSPS) is 11.2. The van der Waals surface area contributed by atoms with Crippen molar-refractivity contribution in [3.05, 3.63) is 17.9 Å². The molecule has 1 aromatic heterocycles. The second kappa shape index (κ2) is 5.70. The summed E-state index contributed by atoms with van der Waals surface area (Å²) in [5.41, 5.74) is 0. The van der Waals surface area contributed by atoms with Crippen LogP contribution >= 0.6 is 0 Å². The lowest BCUT2D eigenvalue weighted by atomic mass is 10.4. The number of sulfonamides is 1. The van der Waals surface area contributed by atoms with Crippen molar-refractivity contribution in [3.63, 3.8) is 0 Å². The average Bonchev–Trinajstić information content (AvgIpc) is 2.74. The van der Waals surface area contributed by atoms with E-state index in [1.807, 2.05) is 0 Å². The van der Waals surface area contributed by atoms with Crippen molar-refractivity contribution in [2.24, 2.45) is 0 Å². The van der Waals surface area contributed by atoms with E-state index in [0.717, 1.165) is 0 Å². The Morgan fingerprint density at radius 2 is 2.25 bits per heavy atom. The standard InChI is InChI=1S/C10H14N2O3S/c1-3-4-7-12-8-9-5-6-10(15-9)16(13,14)11-2/h1,5-6,11-12H,4,7-8H2,2H3. The molecule has 16 heavy (non-hydrogen) atoms. The molecule has 0 fully saturated rings. The van der Waals surface area contributed by atoms with Gasteiger partial charge in [-0.15, -0.1) is 12.3 Å². The van der Waals surface area contributed by atoms with Crippen LogP contribution in [0, 0.1) is 12.3 Å². The van der Waals surface area contributed by atoms with Crippen LogP contribution in [0.1, 0.15) is 12.2 Å². The zero-order valence-electron chi connectivity index (χ0n) is 8.99. The van der Waals surface area contributed by atoms with Crippen molar-refractivity contribution in [2.75, 3.05) is 13.6 Å². The van der Waals surface area contributed by atoms with Crippen LogP contribution < -0.4 is 10.0 Å². The highest BCUT2D eigenvalue weighted by atomic mass is 32.2. The Kier molecular flexibility index (Phi) is 4.55. The van der Waals surface area contributed by atoms with Crippen LogP contribution in [-0.4, -0.2) is 22.0 Å². The van der Waals surface area contributed by atoms with E-state index >= 15 is 0 Å². The molecular formula is C10H14N2O3S. The summed E-state index contributed by atoms with van der Waals surface area (Å²) in [6, 6.07) is 3.04. The summed E-state index contributed by atoms with van der Waals surface area (Å²) in [6.07, 6.45) is 5.71. The topological polar surface area (TPSA) is 71.3 Å². The first-order chi connectivity index (χ1) is 7.60. The van der Waals surface area contributed by atoms with Gasteiger partial charge in [0.15, 0.2) is 0 Å². The molecule has 1 rings (SSSR count). The highest BCUT2D eigenvalue weighted by Gasteiger charge is 2.15. The van der Waals surface area contributed by atoms with Crippen LogP contribution in [0.5, 0.6) is 0 Å². The highest BCUT2D eigenvalue weighted by molar-refractivity contribution is 7.89. The molecule has 1 heterocycles. The summed E-state index contributed by atoms with van der Waals surface area (Å²) in [5.74, 6) is 3.05. The highest BCUT2D eigenvalue weighted by Crippen LogP contribution is 2.12. The van der Waals surface area contributed by atoms with Gasteiger partial charge in [-0.3, -0.25) is 0 Å². The minimum absolute atomic E-state index is 0.0799. The summed E-state index contributed by atoms with van der Waals surface area (Å²) >= 11 is 0. The van der Waals surface area contributed by atoms with Gasteiger partial charge in [0, 0.05) is 13.0 Å². The molecule has 0 aliphatic rings. The van der Waals surface area contributed by atoms with E-state index < -0.39 is 10.0 Å². The van der Waals surface area contributed by atoms with Gasteiger partial charge in [-0.1, -0.05) is 0 Å². The van der Waals surface area contributed by atoms with Gasteiger partial charge in [0.1, 0.15) is 5.76 Å². The van der Waals surface area contributed by atoms with Gasteiger partial charge in [-0.2, -0.15) is 0 Å². The van der Waals surface area contributed by atoms with Crippen LogP contribution in [0.4, 0.5) is 0 Å². The first-order valence-electron chi connectivity index (χ1n) is 4.76. The molecule has 0 unspecified atom stereocenters. The van der Waals surface area contributed by atoms with E-state index in [0.29, 0.717) is 25.3 Å². The van der Waals surface area contributed by atoms with Crippen LogP contribution in [0.2, 0.25) is 0 Å². The van der Waals surface area contributed by atoms with E-state index in [2.05, 4.69) is 16.0 Å². The summed E-state index contributed by atoms with van der Waals surface area (Å²) in [4.78, 5) is 0. The lowest BCUT2D eigenvalue weighted by Crippen LogP contribution is -2.18. The van der Waals surface area contributed by atoms with Crippen LogP contribution in [0.15, 0.2) is 21.6 Å². The van der Waals surface area contributed by atoms with Gasteiger partial charge in [0.05, 0.1) is 6.54 Å². The molecule has 0 aliphatic carbocycles. The number of furan rings is 1. The fourth-order valence-electron chi connectivity index (χ4n) is 1.07. The van der Waals surface area contributed by atoms with Gasteiger partial charge in [-0.05, 0) is 19.2 Å². The molecule has 2 N–H and O–H groups in total. The number of terminal acetylenes is 1. The summed E-state index contributed by atoms with van der Waals surface area (Å²) < 4.78 is 30.0. The molecule has 0 spiro atoms. The smallest absolute Gasteiger partial charge is 0.273 e. The SMILES string of the molecule is C#CCCNCc1ccc(S(=O)(=O)NC)o1. The zero-order valence-corrected chi connectivity index (χ0v) is 9.80. The molecule has 0 bridgehead atoms. The molecule has 0 amide bonds. The van der Waals surface area contributed by atoms with Gasteiger partial charge in [-0.25, -0.2) is 13.1 Å². The molecule has 1 aromatic rings. The fourth-order valence-corrected chi connectivity index (χ4v) is 1.74. The number of hydrogen-bond donors (Lipinski definition) is 2. The average molecular weight is 242 g/mol. The third-order valence-corrected chi connectivity index (χ3v) is 3.20. The van der Waals surface area contributed by atoms with Crippen LogP contribution in [-0.2, 0) is 16.6 Å². The molecule has 5 nitrogen and oxygen atoms in total. The third kappa shape index (κ3) is 3.38. The second-order valence-electron chi connectivity index (χ2n) is 3.06. The molecule has 0 saturated heterocycles. The fraction of sp³-hybridized carbons (Fsp3) is 0.400. The van der Waals surface area contributed by atoms with Crippen molar-refractivity contribution in [2.45, 2.75) is 18.1 Å². The summed E-state index contributed by atoms with van der Waals surface area (Å²) in [6.45, 7) is 1.13. The minimum Gasteiger partial charge on any atom is -0.447 e. The molecule has 0 atom stereocenters. The lowest BCUT2D eigenvalue weighted by molar-refractivity contribution is 0.401. The number of rotatable bonds is 6. The van der Waals surface area contributed by atoms with E-state index in [-0.39, 0.29) is 5.09 Å². The van der Waals surface area contributed by atoms with E-state index in [9.17, 15) is 8.42 Å². The Bertz CT molecular complexity index is 470. The maximum Gasteiger partial charge on any atom is 0.273 e. The van der Waals surface area contributed by atoms with Gasteiger partial charge in [0.2, 0.25) is 5.09 Å². The van der Waals surface area contributed by atoms with Gasteiger partial charge < -0.3 is 9.73 Å². The first-order valence-corrected chi connectivity index (χ1v) is 6.25. The van der Waals surface area contributed by atoms with Crippen molar-refractivity contribution in [1.29, 1.82) is 0 Å². The predicted molar refractivity (Wildman–Crippen MR) is 60.1 cm³/mol. The van der Waals surface area contributed by atoms with Crippen molar-refractivity contribution < 1.29 is 12.8 Å². The van der Waals surface area contributed by atoms with E-state index in [1.54, 1.807) is 6.07 Å². The Morgan fingerprint density at radius 3 is 2.88 bits per heavy atom. The zero-order chi connectivity index (χ0) is 12.0. The van der Waals surface area contributed by atoms with E-state index in [1.165, 1.54) is 13.1 Å². The quantitative estimate of drug-likeness (QED) is 0.556. The second-order valence-corrected chi connectivity index (χ2v) is 4.88. The van der Waals surface area contributed by atoms with Crippen molar-refractivity contribution >= 4 is 10.0 Å². The Hall–Kier alpha value is -1.29. The minimum atomic E-state index is -3.49. The van der Waals surface area contributed by atoms with Gasteiger partial charge in [0.25, 0.3) is 10.0 Å². The Morgan fingerprint density at radius 1 is 1.50 bits per heavy atom. The van der Waals surface area contributed by atoms with Crippen molar-refractivity contribution in [3.8, 4) is 12.3 Å². The van der Waals surface area contributed by atoms with E-state index in [4.69, 9.17) is 10.8 Å². The summed E-state index contributed by atoms with van der Waals surface area (Å²) in [7, 11) is -2.15. The monoisotopic (exact) mass is 242 g/mol. The molecule has 6 heteroatoms. The number of hydrogen-bond acceptors (Lipinski definition) is 4. The van der Waals surface area contributed by atoms with Crippen molar-refractivity contribution in [1.82, 2.24) is 10.0 Å². The largest absolute Gasteiger partial charge is 0.447 e. The lowest BCUT2D eigenvalue weighted by Gasteiger charge is -1.99. The summed E-state index contributed by atoms with van der Waals surface area (Å²) in [5, 5.41) is 2.95. The van der Waals surface area contributed by atoms with Crippen LogP contribution in [0.25, 0.3) is 0 Å². The Balaban J connectivity index is 2.56. The third-order valence-electron chi connectivity index (χ3n) is 1.92. The predicted octanol–water partition coefficient (Wildman–Crippen LogP) is 0.301. The molecule has 0 aliphatic heterocycles. The molecule has 0 saturated carbocycles.